The quantitative estimate of drug-likeness (QED) is 0.728. The highest BCUT2D eigenvalue weighted by Gasteiger charge is 2.20. The average Bonchev–Trinajstić information content (AvgIpc) is 3.21. The minimum Gasteiger partial charge on any atom is -0.377 e. The van der Waals surface area contributed by atoms with Gasteiger partial charge in [0.15, 0.2) is 0 Å². The lowest BCUT2D eigenvalue weighted by molar-refractivity contribution is 0.114. The van der Waals surface area contributed by atoms with E-state index in [9.17, 15) is 8.42 Å². The second kappa shape index (κ2) is 9.11. The van der Waals surface area contributed by atoms with Crippen LogP contribution < -0.4 is 10.0 Å². The van der Waals surface area contributed by atoms with E-state index in [1.165, 1.54) is 0 Å². The number of ether oxygens (including phenoxy) is 1. The van der Waals surface area contributed by atoms with Gasteiger partial charge in [0.25, 0.3) is 0 Å². The Balaban J connectivity index is 1.49. The smallest absolute Gasteiger partial charge is 0.240 e. The normalized spacial score (nSPS) is 16.9. The Kier molecular flexibility index (Phi) is 6.58. The zero-order valence-electron chi connectivity index (χ0n) is 15.0. The Labute approximate surface area is 160 Å². The SMILES string of the molecule is N#Cc1ccc(CNCc2ccc(S(=O)(=O)NCC3CCCO3)cc2)cc1. The molecule has 2 aromatic carbocycles. The van der Waals surface area contributed by atoms with E-state index in [-0.39, 0.29) is 11.0 Å². The predicted molar refractivity (Wildman–Crippen MR) is 102 cm³/mol. The van der Waals surface area contributed by atoms with Gasteiger partial charge >= 0.3 is 0 Å². The van der Waals surface area contributed by atoms with Gasteiger partial charge in [0, 0.05) is 26.2 Å². The van der Waals surface area contributed by atoms with Crippen LogP contribution in [0.15, 0.2) is 53.4 Å². The van der Waals surface area contributed by atoms with Crippen LogP contribution in [-0.4, -0.2) is 27.7 Å². The molecule has 1 heterocycles. The fraction of sp³-hybridized carbons (Fsp3) is 0.350. The molecule has 1 unspecified atom stereocenters. The molecule has 1 fully saturated rings. The number of hydrogen-bond acceptors (Lipinski definition) is 5. The zero-order valence-corrected chi connectivity index (χ0v) is 15.8. The van der Waals surface area contributed by atoms with Crippen molar-refractivity contribution in [2.24, 2.45) is 0 Å². The van der Waals surface area contributed by atoms with Gasteiger partial charge in [-0.15, -0.1) is 0 Å². The number of nitrogens with zero attached hydrogens (tertiary/aromatic N) is 1. The summed E-state index contributed by atoms with van der Waals surface area (Å²) in [5.41, 5.74) is 2.73. The molecular formula is C20H23N3O3S. The minimum absolute atomic E-state index is 0.0227. The maximum atomic E-state index is 12.3. The van der Waals surface area contributed by atoms with Crippen molar-refractivity contribution < 1.29 is 13.2 Å². The molecular weight excluding hydrogens is 362 g/mol. The number of benzene rings is 2. The van der Waals surface area contributed by atoms with Gasteiger partial charge in [-0.3, -0.25) is 0 Å². The van der Waals surface area contributed by atoms with Crippen molar-refractivity contribution in [2.45, 2.75) is 36.9 Å². The Morgan fingerprint density at radius 3 is 2.22 bits per heavy atom. The fourth-order valence-electron chi connectivity index (χ4n) is 2.93. The summed E-state index contributed by atoms with van der Waals surface area (Å²) < 4.78 is 32.8. The summed E-state index contributed by atoms with van der Waals surface area (Å²) in [5, 5.41) is 12.1. The van der Waals surface area contributed by atoms with Crippen molar-refractivity contribution in [2.75, 3.05) is 13.2 Å². The van der Waals surface area contributed by atoms with E-state index in [2.05, 4.69) is 16.1 Å². The molecule has 1 saturated heterocycles. The third-order valence-corrected chi connectivity index (χ3v) is 5.94. The van der Waals surface area contributed by atoms with Crippen molar-refractivity contribution in [1.82, 2.24) is 10.0 Å². The Morgan fingerprint density at radius 1 is 1.04 bits per heavy atom. The van der Waals surface area contributed by atoms with E-state index in [1.807, 2.05) is 24.3 Å². The standard InChI is InChI=1S/C20H23N3O3S/c21-12-16-3-5-17(6-4-16)13-22-14-18-7-9-20(10-8-18)27(24,25)23-15-19-2-1-11-26-19/h3-10,19,22-23H,1-2,11,13-15H2. The van der Waals surface area contributed by atoms with Gasteiger partial charge in [0.2, 0.25) is 10.0 Å². The van der Waals surface area contributed by atoms with Crippen LogP contribution in [0, 0.1) is 11.3 Å². The van der Waals surface area contributed by atoms with E-state index in [1.54, 1.807) is 24.3 Å². The Morgan fingerprint density at radius 2 is 1.67 bits per heavy atom. The van der Waals surface area contributed by atoms with Gasteiger partial charge in [-0.1, -0.05) is 24.3 Å². The molecule has 7 heteroatoms. The molecule has 1 aliphatic rings. The van der Waals surface area contributed by atoms with E-state index in [0.717, 1.165) is 24.0 Å². The highest BCUT2D eigenvalue weighted by atomic mass is 32.2. The molecule has 27 heavy (non-hydrogen) atoms. The Bertz CT molecular complexity index is 882. The van der Waals surface area contributed by atoms with E-state index in [4.69, 9.17) is 10.00 Å². The summed E-state index contributed by atoms with van der Waals surface area (Å²) in [4.78, 5) is 0.260. The zero-order chi connectivity index (χ0) is 19.1. The highest BCUT2D eigenvalue weighted by Crippen LogP contribution is 2.14. The maximum Gasteiger partial charge on any atom is 0.240 e. The predicted octanol–water partition coefficient (Wildman–Crippen LogP) is 2.31. The van der Waals surface area contributed by atoms with E-state index >= 15 is 0 Å². The van der Waals surface area contributed by atoms with Crippen molar-refractivity contribution in [3.63, 3.8) is 0 Å². The molecule has 1 atom stereocenters. The lowest BCUT2D eigenvalue weighted by Gasteiger charge is -2.12. The van der Waals surface area contributed by atoms with Gasteiger partial charge in [0.05, 0.1) is 22.6 Å². The van der Waals surface area contributed by atoms with Crippen LogP contribution in [0.4, 0.5) is 0 Å². The molecule has 0 saturated carbocycles. The molecule has 6 nitrogen and oxygen atoms in total. The first-order chi connectivity index (χ1) is 13.1. The molecule has 3 rings (SSSR count). The second-order valence-corrected chi connectivity index (χ2v) is 8.31. The molecule has 0 radical (unpaired) electrons. The van der Waals surface area contributed by atoms with Crippen molar-refractivity contribution in [3.05, 3.63) is 65.2 Å². The van der Waals surface area contributed by atoms with Gasteiger partial charge in [-0.05, 0) is 48.2 Å². The van der Waals surface area contributed by atoms with Crippen LogP contribution in [-0.2, 0) is 27.8 Å². The second-order valence-electron chi connectivity index (χ2n) is 6.54. The highest BCUT2D eigenvalue weighted by molar-refractivity contribution is 7.89. The van der Waals surface area contributed by atoms with E-state index in [0.29, 0.717) is 31.8 Å². The summed E-state index contributed by atoms with van der Waals surface area (Å²) in [7, 11) is -3.51. The first-order valence-electron chi connectivity index (χ1n) is 8.97. The van der Waals surface area contributed by atoms with Crippen LogP contribution in [0.2, 0.25) is 0 Å². The first kappa shape index (κ1) is 19.5. The molecule has 1 aliphatic heterocycles. The summed E-state index contributed by atoms with van der Waals surface area (Å²) in [5.74, 6) is 0. The molecule has 0 amide bonds. The molecule has 0 bridgehead atoms. The summed E-state index contributed by atoms with van der Waals surface area (Å²) in [6.45, 7) is 2.32. The minimum atomic E-state index is -3.51. The van der Waals surface area contributed by atoms with E-state index < -0.39 is 10.0 Å². The van der Waals surface area contributed by atoms with Gasteiger partial charge < -0.3 is 10.1 Å². The molecule has 2 N–H and O–H groups in total. The van der Waals surface area contributed by atoms with Gasteiger partial charge in [-0.25, -0.2) is 13.1 Å². The van der Waals surface area contributed by atoms with Crippen molar-refractivity contribution in [3.8, 4) is 6.07 Å². The molecule has 142 valence electrons. The van der Waals surface area contributed by atoms with Crippen LogP contribution in [0.1, 0.15) is 29.5 Å². The first-order valence-corrected chi connectivity index (χ1v) is 10.4. The largest absolute Gasteiger partial charge is 0.377 e. The molecule has 0 aliphatic carbocycles. The monoisotopic (exact) mass is 385 g/mol. The van der Waals surface area contributed by atoms with Crippen LogP contribution in [0.5, 0.6) is 0 Å². The lowest BCUT2D eigenvalue weighted by atomic mass is 10.1. The molecule has 0 aromatic heterocycles. The van der Waals surface area contributed by atoms with Gasteiger partial charge in [0.1, 0.15) is 0 Å². The summed E-state index contributed by atoms with van der Waals surface area (Å²) in [6, 6.07) is 16.4. The third-order valence-electron chi connectivity index (χ3n) is 4.50. The van der Waals surface area contributed by atoms with Crippen LogP contribution in [0.25, 0.3) is 0 Å². The number of nitriles is 1. The number of sulfonamides is 1. The number of rotatable bonds is 8. The maximum absolute atomic E-state index is 12.3. The Hall–Kier alpha value is -2.24. The lowest BCUT2D eigenvalue weighted by Crippen LogP contribution is -2.31. The van der Waals surface area contributed by atoms with Crippen LogP contribution >= 0.6 is 0 Å². The molecule has 0 spiro atoms. The average molecular weight is 385 g/mol. The number of nitrogens with one attached hydrogen (secondary N) is 2. The molecule has 2 aromatic rings. The third kappa shape index (κ3) is 5.62. The summed E-state index contributed by atoms with van der Waals surface area (Å²) in [6.07, 6.45) is 1.86. The van der Waals surface area contributed by atoms with Crippen molar-refractivity contribution >= 4 is 10.0 Å². The topological polar surface area (TPSA) is 91.2 Å². The number of hydrogen-bond donors (Lipinski definition) is 2. The van der Waals surface area contributed by atoms with Crippen LogP contribution in [0.3, 0.4) is 0 Å². The summed E-state index contributed by atoms with van der Waals surface area (Å²) >= 11 is 0. The van der Waals surface area contributed by atoms with Crippen molar-refractivity contribution in [1.29, 1.82) is 5.26 Å². The fourth-order valence-corrected chi connectivity index (χ4v) is 3.99. The van der Waals surface area contributed by atoms with Gasteiger partial charge in [-0.2, -0.15) is 5.26 Å².